The van der Waals surface area contributed by atoms with Gasteiger partial charge in [-0.2, -0.15) is 0 Å². The minimum atomic E-state index is -0.325. The van der Waals surface area contributed by atoms with Crippen LogP contribution in [0.5, 0.6) is 5.75 Å². The minimum Gasteiger partial charge on any atom is -0.494 e. The molecule has 0 fully saturated rings. The third-order valence-corrected chi connectivity index (χ3v) is 4.51. The molecule has 0 atom stereocenters. The van der Waals surface area contributed by atoms with Crippen LogP contribution in [0.3, 0.4) is 0 Å². The Hall–Kier alpha value is -3.15. The maximum Gasteiger partial charge on any atom is 0.322 e. The van der Waals surface area contributed by atoms with Crippen LogP contribution < -0.4 is 10.1 Å². The van der Waals surface area contributed by atoms with E-state index in [0.29, 0.717) is 23.8 Å². The molecule has 1 heterocycles. The minimum absolute atomic E-state index is 0.0625. The number of aryl methyl sites for hydroxylation is 2. The molecule has 0 aliphatic heterocycles. The second-order valence-electron chi connectivity index (χ2n) is 6.75. The first kappa shape index (κ1) is 19.6. The van der Waals surface area contributed by atoms with Gasteiger partial charge >= 0.3 is 6.01 Å². The Morgan fingerprint density at radius 2 is 1.93 bits per heavy atom. The van der Waals surface area contributed by atoms with Gasteiger partial charge in [-0.25, -0.2) is 0 Å². The second-order valence-corrected chi connectivity index (χ2v) is 6.75. The SMILES string of the molecule is CCCCCOc1cccc(C(=O)Nc2nnc(-c3ccc(C)c(C)c3)o2)c1. The van der Waals surface area contributed by atoms with Crippen molar-refractivity contribution in [1.29, 1.82) is 0 Å². The van der Waals surface area contributed by atoms with Gasteiger partial charge in [0.15, 0.2) is 0 Å². The largest absolute Gasteiger partial charge is 0.494 e. The number of aromatic nitrogens is 2. The van der Waals surface area contributed by atoms with E-state index in [1.54, 1.807) is 18.2 Å². The molecule has 146 valence electrons. The zero-order chi connectivity index (χ0) is 19.9. The summed E-state index contributed by atoms with van der Waals surface area (Å²) in [5.74, 6) is 0.714. The number of nitrogens with one attached hydrogen (secondary N) is 1. The van der Waals surface area contributed by atoms with Crippen molar-refractivity contribution in [3.8, 4) is 17.2 Å². The molecule has 0 unspecified atom stereocenters. The van der Waals surface area contributed by atoms with Gasteiger partial charge in [0.25, 0.3) is 5.91 Å². The predicted octanol–water partition coefficient (Wildman–Crippen LogP) is 5.17. The van der Waals surface area contributed by atoms with Gasteiger partial charge < -0.3 is 9.15 Å². The first-order valence-corrected chi connectivity index (χ1v) is 9.52. The number of nitrogens with zero attached hydrogens (tertiary/aromatic N) is 2. The topological polar surface area (TPSA) is 77.2 Å². The number of ether oxygens (including phenoxy) is 1. The molecule has 0 radical (unpaired) electrons. The van der Waals surface area contributed by atoms with E-state index in [9.17, 15) is 4.79 Å². The van der Waals surface area contributed by atoms with E-state index in [-0.39, 0.29) is 11.9 Å². The molecule has 2 aromatic carbocycles. The van der Waals surface area contributed by atoms with Crippen molar-refractivity contribution in [2.24, 2.45) is 0 Å². The van der Waals surface area contributed by atoms with Gasteiger partial charge in [-0.1, -0.05) is 37.0 Å². The average Bonchev–Trinajstić information content (AvgIpc) is 3.16. The lowest BCUT2D eigenvalue weighted by molar-refractivity contribution is 0.102. The highest BCUT2D eigenvalue weighted by molar-refractivity contribution is 6.03. The Bertz CT molecular complexity index is 950. The summed E-state index contributed by atoms with van der Waals surface area (Å²) >= 11 is 0. The van der Waals surface area contributed by atoms with E-state index >= 15 is 0 Å². The molecule has 6 heteroatoms. The van der Waals surface area contributed by atoms with Crippen LogP contribution in [0.15, 0.2) is 46.9 Å². The van der Waals surface area contributed by atoms with Crippen LogP contribution in [0.2, 0.25) is 0 Å². The third kappa shape index (κ3) is 4.97. The Balaban J connectivity index is 1.65. The van der Waals surface area contributed by atoms with Gasteiger partial charge in [0.05, 0.1) is 6.61 Å². The molecule has 28 heavy (non-hydrogen) atoms. The van der Waals surface area contributed by atoms with E-state index in [1.807, 2.05) is 38.1 Å². The first-order valence-electron chi connectivity index (χ1n) is 9.52. The lowest BCUT2D eigenvalue weighted by Gasteiger charge is -2.07. The maximum atomic E-state index is 12.5. The van der Waals surface area contributed by atoms with Crippen LogP contribution in [0.25, 0.3) is 11.5 Å². The lowest BCUT2D eigenvalue weighted by atomic mass is 10.1. The Labute approximate surface area is 164 Å². The Morgan fingerprint density at radius 3 is 2.71 bits per heavy atom. The summed E-state index contributed by atoms with van der Waals surface area (Å²) in [6.07, 6.45) is 3.26. The number of unbranched alkanes of at least 4 members (excludes halogenated alkanes) is 2. The molecule has 0 saturated carbocycles. The summed E-state index contributed by atoms with van der Waals surface area (Å²) in [6.45, 7) is 6.85. The fourth-order valence-corrected chi connectivity index (χ4v) is 2.70. The third-order valence-electron chi connectivity index (χ3n) is 4.51. The molecular formula is C22H25N3O3. The fourth-order valence-electron chi connectivity index (χ4n) is 2.70. The molecule has 0 spiro atoms. The van der Waals surface area contributed by atoms with Crippen molar-refractivity contribution < 1.29 is 13.9 Å². The average molecular weight is 379 g/mol. The van der Waals surface area contributed by atoms with Crippen molar-refractivity contribution in [3.05, 3.63) is 59.2 Å². The predicted molar refractivity (Wildman–Crippen MR) is 109 cm³/mol. The number of carbonyl (C=O) groups is 1. The summed E-state index contributed by atoms with van der Waals surface area (Å²) in [5, 5.41) is 10.6. The zero-order valence-electron chi connectivity index (χ0n) is 16.5. The molecule has 3 aromatic rings. The number of carbonyl (C=O) groups excluding carboxylic acids is 1. The van der Waals surface area contributed by atoms with Gasteiger partial charge in [-0.3, -0.25) is 10.1 Å². The van der Waals surface area contributed by atoms with Crippen molar-refractivity contribution in [2.45, 2.75) is 40.0 Å². The van der Waals surface area contributed by atoms with Crippen LogP contribution in [0, 0.1) is 13.8 Å². The van der Waals surface area contributed by atoms with Crippen molar-refractivity contribution in [3.63, 3.8) is 0 Å². The number of hydrogen-bond donors (Lipinski definition) is 1. The Morgan fingerprint density at radius 1 is 1.07 bits per heavy atom. The summed E-state index contributed by atoms with van der Waals surface area (Å²) < 4.78 is 11.3. The number of anilines is 1. The molecule has 0 aliphatic rings. The van der Waals surface area contributed by atoms with E-state index in [0.717, 1.165) is 30.4 Å². The summed E-state index contributed by atoms with van der Waals surface area (Å²) in [4.78, 5) is 12.5. The number of benzene rings is 2. The van der Waals surface area contributed by atoms with Crippen LogP contribution in [0.1, 0.15) is 47.7 Å². The molecule has 1 amide bonds. The summed E-state index contributed by atoms with van der Waals surface area (Å²) in [6, 6.07) is 13.0. The van der Waals surface area contributed by atoms with E-state index in [2.05, 4.69) is 22.4 Å². The number of amides is 1. The van der Waals surface area contributed by atoms with Crippen molar-refractivity contribution in [1.82, 2.24) is 10.2 Å². The van der Waals surface area contributed by atoms with E-state index < -0.39 is 0 Å². The van der Waals surface area contributed by atoms with Crippen LogP contribution >= 0.6 is 0 Å². The Kier molecular flexibility index (Phi) is 6.42. The molecule has 1 N–H and O–H groups in total. The molecule has 0 aliphatic carbocycles. The number of hydrogen-bond acceptors (Lipinski definition) is 5. The smallest absolute Gasteiger partial charge is 0.322 e. The zero-order valence-corrected chi connectivity index (χ0v) is 16.5. The second kappa shape index (κ2) is 9.17. The van der Waals surface area contributed by atoms with E-state index in [1.165, 1.54) is 5.56 Å². The highest BCUT2D eigenvalue weighted by atomic mass is 16.5. The van der Waals surface area contributed by atoms with Crippen LogP contribution in [-0.4, -0.2) is 22.7 Å². The highest BCUT2D eigenvalue weighted by Crippen LogP contribution is 2.23. The van der Waals surface area contributed by atoms with Gasteiger partial charge in [0.2, 0.25) is 5.89 Å². The maximum absolute atomic E-state index is 12.5. The first-order chi connectivity index (χ1) is 13.6. The molecular weight excluding hydrogens is 354 g/mol. The normalized spacial score (nSPS) is 10.7. The molecule has 0 bridgehead atoms. The quantitative estimate of drug-likeness (QED) is 0.546. The lowest BCUT2D eigenvalue weighted by Crippen LogP contribution is -2.12. The molecule has 0 saturated heterocycles. The highest BCUT2D eigenvalue weighted by Gasteiger charge is 2.14. The van der Waals surface area contributed by atoms with Gasteiger partial charge in [0, 0.05) is 11.1 Å². The van der Waals surface area contributed by atoms with Gasteiger partial charge in [0.1, 0.15) is 5.75 Å². The van der Waals surface area contributed by atoms with Gasteiger partial charge in [-0.05, 0) is 61.7 Å². The van der Waals surface area contributed by atoms with Crippen molar-refractivity contribution >= 4 is 11.9 Å². The standard InChI is InChI=1S/C22H25N3O3/c1-4-5-6-12-27-19-9-7-8-17(14-19)20(26)23-22-25-24-21(28-22)18-11-10-15(2)16(3)13-18/h7-11,13-14H,4-6,12H2,1-3H3,(H,23,25,26). The van der Waals surface area contributed by atoms with Crippen LogP contribution in [-0.2, 0) is 0 Å². The molecule has 1 aromatic heterocycles. The fraction of sp³-hybridized carbons (Fsp3) is 0.318. The monoisotopic (exact) mass is 379 g/mol. The van der Waals surface area contributed by atoms with E-state index in [4.69, 9.17) is 9.15 Å². The number of rotatable bonds is 8. The van der Waals surface area contributed by atoms with Crippen LogP contribution in [0.4, 0.5) is 6.01 Å². The summed E-state index contributed by atoms with van der Waals surface area (Å²) in [5.41, 5.74) is 3.61. The summed E-state index contributed by atoms with van der Waals surface area (Å²) in [7, 11) is 0. The molecule has 6 nitrogen and oxygen atoms in total. The van der Waals surface area contributed by atoms with Crippen molar-refractivity contribution in [2.75, 3.05) is 11.9 Å². The molecule has 3 rings (SSSR count). The van der Waals surface area contributed by atoms with Gasteiger partial charge in [-0.15, -0.1) is 5.10 Å².